The van der Waals surface area contributed by atoms with Crippen molar-refractivity contribution in [3.63, 3.8) is 0 Å². The smallest absolute Gasteiger partial charge is 0.364 e. The minimum absolute atomic E-state index is 0.274. The van der Waals surface area contributed by atoms with Gasteiger partial charge in [-0.05, 0) is 30.3 Å². The molecule has 0 unspecified atom stereocenters. The third-order valence-corrected chi connectivity index (χ3v) is 5.28. The summed E-state index contributed by atoms with van der Waals surface area (Å²) in [5, 5.41) is 5.65. The number of nitrogens with zero attached hydrogens (tertiary/aromatic N) is 3. The maximum Gasteiger partial charge on any atom is 0.364 e. The normalized spacial score (nSPS) is 11.4. The van der Waals surface area contributed by atoms with E-state index >= 15 is 0 Å². The molecule has 3 aromatic carbocycles. The van der Waals surface area contributed by atoms with Gasteiger partial charge in [0.25, 0.3) is 0 Å². The van der Waals surface area contributed by atoms with E-state index < -0.39 is 5.63 Å². The lowest BCUT2D eigenvalue weighted by atomic mass is 10.1. The number of aromatic nitrogens is 4. The number of nitrogens with one attached hydrogen (secondary N) is 1. The summed E-state index contributed by atoms with van der Waals surface area (Å²) in [4.78, 5) is 20.5. The van der Waals surface area contributed by atoms with Gasteiger partial charge in [-0.15, -0.1) is 0 Å². The van der Waals surface area contributed by atoms with Gasteiger partial charge in [-0.3, -0.25) is 0 Å². The van der Waals surface area contributed by atoms with E-state index in [9.17, 15) is 4.79 Å². The van der Waals surface area contributed by atoms with Crippen LogP contribution in [0.3, 0.4) is 0 Å². The zero-order valence-corrected chi connectivity index (χ0v) is 16.3. The average molecular weight is 404 g/mol. The molecule has 0 aliphatic heterocycles. The van der Waals surface area contributed by atoms with Crippen molar-refractivity contribution in [3.05, 3.63) is 101 Å². The van der Waals surface area contributed by atoms with E-state index in [1.54, 1.807) is 6.07 Å². The SMILES string of the molecule is O=c1oc2ccccc2c2[nH]c(-c3cc(-c4ccccc4)nn3-c3ccccc3)nc12. The Hall–Kier alpha value is -4.45. The molecule has 0 aliphatic rings. The molecule has 0 aliphatic carbocycles. The summed E-state index contributed by atoms with van der Waals surface area (Å²) in [6.07, 6.45) is 0. The standard InChI is InChI=1S/C25H16N4O2/c30-25-23-22(18-13-7-8-14-21(18)31-25)26-24(27-23)20-15-19(16-9-3-1-4-10-16)28-29(20)17-11-5-2-6-12-17/h1-15H,(H,26,27). The van der Waals surface area contributed by atoms with Crippen molar-refractivity contribution < 1.29 is 4.42 Å². The first-order chi connectivity index (χ1) is 15.3. The molecule has 148 valence electrons. The van der Waals surface area contributed by atoms with Crippen LogP contribution in [0.1, 0.15) is 0 Å². The van der Waals surface area contributed by atoms with Crippen LogP contribution in [-0.4, -0.2) is 19.7 Å². The summed E-state index contributed by atoms with van der Waals surface area (Å²) < 4.78 is 7.29. The third kappa shape index (κ3) is 2.85. The van der Waals surface area contributed by atoms with Crippen molar-refractivity contribution in [1.82, 2.24) is 19.7 Å². The Bertz CT molecular complexity index is 1600. The zero-order valence-electron chi connectivity index (χ0n) is 16.3. The summed E-state index contributed by atoms with van der Waals surface area (Å²) in [6, 6.07) is 29.2. The van der Waals surface area contributed by atoms with Crippen molar-refractivity contribution in [2.24, 2.45) is 0 Å². The monoisotopic (exact) mass is 404 g/mol. The first kappa shape index (κ1) is 17.4. The van der Waals surface area contributed by atoms with E-state index in [1.165, 1.54) is 0 Å². The topological polar surface area (TPSA) is 76.7 Å². The van der Waals surface area contributed by atoms with E-state index in [0.717, 1.165) is 28.0 Å². The molecule has 0 saturated carbocycles. The lowest BCUT2D eigenvalue weighted by molar-refractivity contribution is 0.568. The van der Waals surface area contributed by atoms with Gasteiger partial charge >= 0.3 is 5.63 Å². The van der Waals surface area contributed by atoms with Crippen LogP contribution in [0, 0.1) is 0 Å². The number of rotatable bonds is 3. The molecule has 31 heavy (non-hydrogen) atoms. The molecule has 0 spiro atoms. The first-order valence-electron chi connectivity index (χ1n) is 9.91. The summed E-state index contributed by atoms with van der Waals surface area (Å²) in [6.45, 7) is 0. The summed E-state index contributed by atoms with van der Waals surface area (Å²) >= 11 is 0. The molecule has 6 heteroatoms. The van der Waals surface area contributed by atoms with E-state index in [1.807, 2.05) is 89.6 Å². The van der Waals surface area contributed by atoms with Gasteiger partial charge in [0.1, 0.15) is 11.3 Å². The van der Waals surface area contributed by atoms with Crippen LogP contribution in [0.4, 0.5) is 0 Å². The fourth-order valence-electron chi connectivity index (χ4n) is 3.81. The quantitative estimate of drug-likeness (QED) is 0.412. The van der Waals surface area contributed by atoms with Crippen LogP contribution in [0.25, 0.3) is 50.5 Å². The molecule has 0 saturated heterocycles. The number of H-pyrrole nitrogens is 1. The van der Waals surface area contributed by atoms with Gasteiger partial charge in [0.15, 0.2) is 11.3 Å². The van der Waals surface area contributed by atoms with E-state index in [-0.39, 0.29) is 5.52 Å². The molecule has 0 fully saturated rings. The van der Waals surface area contributed by atoms with Gasteiger partial charge in [0, 0.05) is 10.9 Å². The second-order valence-corrected chi connectivity index (χ2v) is 7.22. The molecule has 0 amide bonds. The number of hydrogen-bond acceptors (Lipinski definition) is 4. The molecule has 3 aromatic heterocycles. The molecule has 6 rings (SSSR count). The Kier molecular flexibility index (Phi) is 3.83. The Labute approximate surface area is 176 Å². The summed E-state index contributed by atoms with van der Waals surface area (Å²) in [5.41, 5.74) is 4.46. The largest absolute Gasteiger partial charge is 0.421 e. The Morgan fingerprint density at radius 1 is 0.839 bits per heavy atom. The number of imidazole rings is 1. The van der Waals surface area contributed by atoms with Crippen LogP contribution in [0.15, 0.2) is 100 Å². The molecule has 6 aromatic rings. The number of fused-ring (bicyclic) bond motifs is 3. The Morgan fingerprint density at radius 3 is 2.35 bits per heavy atom. The summed E-state index contributed by atoms with van der Waals surface area (Å²) in [5.74, 6) is 0.553. The van der Waals surface area contributed by atoms with Crippen LogP contribution in [-0.2, 0) is 0 Å². The zero-order chi connectivity index (χ0) is 20.8. The molecular weight excluding hydrogens is 388 g/mol. The maximum atomic E-state index is 12.5. The highest BCUT2D eigenvalue weighted by Crippen LogP contribution is 2.29. The molecule has 0 bridgehead atoms. The van der Waals surface area contributed by atoms with E-state index in [0.29, 0.717) is 16.9 Å². The van der Waals surface area contributed by atoms with Crippen molar-refractivity contribution in [2.45, 2.75) is 0 Å². The van der Waals surface area contributed by atoms with Gasteiger partial charge in [0.2, 0.25) is 0 Å². The molecule has 1 N–H and O–H groups in total. The lowest BCUT2D eigenvalue weighted by Crippen LogP contribution is -2.00. The highest BCUT2D eigenvalue weighted by molar-refractivity contribution is 6.01. The fraction of sp³-hybridized carbons (Fsp3) is 0. The first-order valence-corrected chi connectivity index (χ1v) is 9.91. The molecule has 0 radical (unpaired) electrons. The van der Waals surface area contributed by atoms with E-state index in [2.05, 4.69) is 9.97 Å². The van der Waals surface area contributed by atoms with Gasteiger partial charge in [0.05, 0.1) is 16.9 Å². The fourth-order valence-corrected chi connectivity index (χ4v) is 3.81. The highest BCUT2D eigenvalue weighted by atomic mass is 16.4. The molecule has 6 nitrogen and oxygen atoms in total. The van der Waals surface area contributed by atoms with Gasteiger partial charge in [-0.2, -0.15) is 5.10 Å². The highest BCUT2D eigenvalue weighted by Gasteiger charge is 2.19. The average Bonchev–Trinajstić information content (AvgIpc) is 3.46. The number of hydrogen-bond donors (Lipinski definition) is 1. The minimum atomic E-state index is -0.467. The Balaban J connectivity index is 1.63. The second kappa shape index (κ2) is 6.81. The number of benzene rings is 3. The Morgan fingerprint density at radius 2 is 1.55 bits per heavy atom. The van der Waals surface area contributed by atoms with Crippen molar-refractivity contribution >= 4 is 22.0 Å². The van der Waals surface area contributed by atoms with Crippen LogP contribution < -0.4 is 5.63 Å². The minimum Gasteiger partial charge on any atom is -0.421 e. The second-order valence-electron chi connectivity index (χ2n) is 7.22. The van der Waals surface area contributed by atoms with E-state index in [4.69, 9.17) is 9.52 Å². The van der Waals surface area contributed by atoms with Crippen molar-refractivity contribution in [3.8, 4) is 28.5 Å². The van der Waals surface area contributed by atoms with Crippen molar-refractivity contribution in [2.75, 3.05) is 0 Å². The van der Waals surface area contributed by atoms with Gasteiger partial charge in [-0.25, -0.2) is 14.5 Å². The van der Waals surface area contributed by atoms with Gasteiger partial charge < -0.3 is 9.40 Å². The number of para-hydroxylation sites is 2. The predicted molar refractivity (Wildman–Crippen MR) is 120 cm³/mol. The van der Waals surface area contributed by atoms with Crippen LogP contribution in [0.2, 0.25) is 0 Å². The third-order valence-electron chi connectivity index (χ3n) is 5.28. The predicted octanol–water partition coefficient (Wildman–Crippen LogP) is 5.19. The maximum absolute atomic E-state index is 12.5. The van der Waals surface area contributed by atoms with Crippen LogP contribution in [0.5, 0.6) is 0 Å². The molecular formula is C25H16N4O2. The van der Waals surface area contributed by atoms with Crippen LogP contribution >= 0.6 is 0 Å². The van der Waals surface area contributed by atoms with Gasteiger partial charge in [-0.1, -0.05) is 60.7 Å². The lowest BCUT2D eigenvalue weighted by Gasteiger charge is -2.05. The number of aromatic amines is 1. The van der Waals surface area contributed by atoms with Crippen molar-refractivity contribution in [1.29, 1.82) is 0 Å². The molecule has 0 atom stereocenters. The summed E-state index contributed by atoms with van der Waals surface area (Å²) in [7, 11) is 0. The molecule has 3 heterocycles.